The second kappa shape index (κ2) is 5.52. The van der Waals surface area contributed by atoms with Gasteiger partial charge >= 0.3 is 5.97 Å². The molecule has 2 heterocycles. The van der Waals surface area contributed by atoms with E-state index < -0.39 is 11.9 Å². The minimum atomic E-state index is -0.891. The molecule has 0 aliphatic carbocycles. The summed E-state index contributed by atoms with van der Waals surface area (Å²) in [5, 5.41) is 11.2. The van der Waals surface area contributed by atoms with Crippen LogP contribution in [0.3, 0.4) is 0 Å². The summed E-state index contributed by atoms with van der Waals surface area (Å²) in [6.07, 6.45) is 4.44. The van der Waals surface area contributed by atoms with Crippen molar-refractivity contribution in [2.45, 2.75) is 12.8 Å². The first-order chi connectivity index (χ1) is 10.1. The molecule has 1 unspecified atom stereocenters. The van der Waals surface area contributed by atoms with Crippen LogP contribution in [0.4, 0.5) is 0 Å². The van der Waals surface area contributed by atoms with Crippen LogP contribution in [-0.4, -0.2) is 40.0 Å². The molecule has 1 aromatic heterocycles. The van der Waals surface area contributed by atoms with Crippen molar-refractivity contribution in [1.29, 1.82) is 0 Å². The number of pyridine rings is 1. The predicted molar refractivity (Wildman–Crippen MR) is 77.8 cm³/mol. The van der Waals surface area contributed by atoms with Crippen LogP contribution < -0.4 is 0 Å². The molecule has 1 atom stereocenters. The average Bonchev–Trinajstić information content (AvgIpc) is 2.86. The van der Waals surface area contributed by atoms with Crippen molar-refractivity contribution in [3.63, 3.8) is 0 Å². The second-order valence-electron chi connectivity index (χ2n) is 5.35. The van der Waals surface area contributed by atoms with Crippen LogP contribution in [0.2, 0.25) is 0 Å². The van der Waals surface area contributed by atoms with E-state index in [0.717, 1.165) is 16.3 Å². The summed E-state index contributed by atoms with van der Waals surface area (Å²) in [7, 11) is 0. The van der Waals surface area contributed by atoms with Crippen LogP contribution in [0.25, 0.3) is 10.8 Å². The number of hydrogen-bond donors (Lipinski definition) is 1. The lowest BCUT2D eigenvalue weighted by atomic mass is 10.1. The summed E-state index contributed by atoms with van der Waals surface area (Å²) in [6.45, 7) is 0.852. The van der Waals surface area contributed by atoms with Gasteiger partial charge in [0.05, 0.1) is 5.92 Å². The maximum absolute atomic E-state index is 11.8. The van der Waals surface area contributed by atoms with E-state index in [0.29, 0.717) is 19.5 Å². The molecule has 1 N–H and O–H groups in total. The quantitative estimate of drug-likeness (QED) is 0.928. The van der Waals surface area contributed by atoms with Crippen molar-refractivity contribution >= 4 is 22.6 Å². The Bertz CT molecular complexity index is 693. The average molecular weight is 284 g/mol. The molecule has 1 aliphatic rings. The zero-order valence-corrected chi connectivity index (χ0v) is 11.5. The third-order valence-corrected chi connectivity index (χ3v) is 3.97. The highest BCUT2D eigenvalue weighted by atomic mass is 16.4. The number of benzene rings is 1. The highest BCUT2D eigenvalue weighted by Gasteiger charge is 2.33. The van der Waals surface area contributed by atoms with Gasteiger partial charge in [-0.2, -0.15) is 0 Å². The Morgan fingerprint density at radius 1 is 1.33 bits per heavy atom. The maximum Gasteiger partial charge on any atom is 0.308 e. The molecule has 0 bridgehead atoms. The van der Waals surface area contributed by atoms with Crippen LogP contribution in [0.15, 0.2) is 36.7 Å². The summed E-state index contributed by atoms with van der Waals surface area (Å²) in [5.74, 6) is -1.53. The fraction of sp³-hybridized carbons (Fsp3) is 0.312. The zero-order chi connectivity index (χ0) is 14.8. The van der Waals surface area contributed by atoms with Crippen LogP contribution >= 0.6 is 0 Å². The van der Waals surface area contributed by atoms with E-state index in [2.05, 4.69) is 4.98 Å². The number of aromatic nitrogens is 1. The Labute approximate surface area is 122 Å². The summed E-state index contributed by atoms with van der Waals surface area (Å²) in [6, 6.07) is 7.99. The molecule has 1 aliphatic heterocycles. The Kier molecular flexibility index (Phi) is 3.56. The van der Waals surface area contributed by atoms with E-state index >= 15 is 0 Å². The standard InChI is InChI=1S/C16H16N2O3/c19-15-7-13(16(20)21)10-18(15)6-5-12-9-17-8-11-3-1-2-4-14(11)12/h1-4,8-9,13H,5-7,10H2,(H,20,21). The molecule has 5 heteroatoms. The third kappa shape index (κ3) is 2.72. The number of carbonyl (C=O) groups is 2. The number of amides is 1. The van der Waals surface area contributed by atoms with Gasteiger partial charge in [-0.3, -0.25) is 14.6 Å². The Morgan fingerprint density at radius 2 is 2.14 bits per heavy atom. The van der Waals surface area contributed by atoms with Gasteiger partial charge in [0.2, 0.25) is 5.91 Å². The second-order valence-corrected chi connectivity index (χ2v) is 5.35. The minimum Gasteiger partial charge on any atom is -0.481 e. The number of carboxylic acid groups (broad SMARTS) is 1. The summed E-state index contributed by atoms with van der Waals surface area (Å²) < 4.78 is 0. The molecule has 1 amide bonds. The van der Waals surface area contributed by atoms with Crippen LogP contribution in [-0.2, 0) is 16.0 Å². The van der Waals surface area contributed by atoms with Gasteiger partial charge in [-0.25, -0.2) is 0 Å². The third-order valence-electron chi connectivity index (χ3n) is 3.97. The first kappa shape index (κ1) is 13.5. The van der Waals surface area contributed by atoms with Crippen molar-refractivity contribution in [3.05, 3.63) is 42.2 Å². The molecule has 108 valence electrons. The number of likely N-dealkylation sites (tertiary alicyclic amines) is 1. The fourth-order valence-corrected chi connectivity index (χ4v) is 2.79. The number of hydrogen-bond acceptors (Lipinski definition) is 3. The topological polar surface area (TPSA) is 70.5 Å². The molecule has 0 spiro atoms. The van der Waals surface area contributed by atoms with Gasteiger partial charge in [0.1, 0.15) is 0 Å². The summed E-state index contributed by atoms with van der Waals surface area (Å²) >= 11 is 0. The molecule has 1 saturated heterocycles. The van der Waals surface area contributed by atoms with Gasteiger partial charge in [-0.1, -0.05) is 24.3 Å². The van der Waals surface area contributed by atoms with Gasteiger partial charge < -0.3 is 10.0 Å². The molecular formula is C16H16N2O3. The summed E-state index contributed by atoms with van der Waals surface area (Å²) in [4.78, 5) is 28.6. The largest absolute Gasteiger partial charge is 0.481 e. The molecule has 0 saturated carbocycles. The smallest absolute Gasteiger partial charge is 0.308 e. The van der Waals surface area contributed by atoms with Crippen molar-refractivity contribution in [3.8, 4) is 0 Å². The van der Waals surface area contributed by atoms with Crippen molar-refractivity contribution < 1.29 is 14.7 Å². The van der Waals surface area contributed by atoms with Gasteiger partial charge in [-0.05, 0) is 17.4 Å². The van der Waals surface area contributed by atoms with E-state index in [1.807, 2.05) is 36.7 Å². The molecule has 1 fully saturated rings. The number of carbonyl (C=O) groups excluding carboxylic acids is 1. The van der Waals surface area contributed by atoms with Crippen LogP contribution in [0.1, 0.15) is 12.0 Å². The molecule has 5 nitrogen and oxygen atoms in total. The highest BCUT2D eigenvalue weighted by Crippen LogP contribution is 2.21. The van der Waals surface area contributed by atoms with Crippen molar-refractivity contribution in [2.75, 3.05) is 13.1 Å². The Balaban J connectivity index is 1.73. The van der Waals surface area contributed by atoms with E-state index in [9.17, 15) is 9.59 Å². The lowest BCUT2D eigenvalue weighted by Gasteiger charge is -2.16. The van der Waals surface area contributed by atoms with Crippen LogP contribution in [0.5, 0.6) is 0 Å². The Morgan fingerprint density at radius 3 is 2.90 bits per heavy atom. The maximum atomic E-state index is 11.8. The SMILES string of the molecule is O=C(O)C1CC(=O)N(CCc2cncc3ccccc23)C1. The monoisotopic (exact) mass is 284 g/mol. The first-order valence-electron chi connectivity index (χ1n) is 6.97. The molecule has 21 heavy (non-hydrogen) atoms. The zero-order valence-electron chi connectivity index (χ0n) is 11.5. The minimum absolute atomic E-state index is 0.0735. The number of carboxylic acids is 1. The Hall–Kier alpha value is -2.43. The number of nitrogens with zero attached hydrogens (tertiary/aromatic N) is 2. The molecule has 3 rings (SSSR count). The van der Waals surface area contributed by atoms with Crippen LogP contribution in [0, 0.1) is 5.92 Å². The lowest BCUT2D eigenvalue weighted by Crippen LogP contribution is -2.28. The fourth-order valence-electron chi connectivity index (χ4n) is 2.79. The number of rotatable bonds is 4. The van der Waals surface area contributed by atoms with E-state index in [1.54, 1.807) is 4.90 Å². The predicted octanol–water partition coefficient (Wildman–Crippen LogP) is 1.71. The van der Waals surface area contributed by atoms with Gasteiger partial charge in [0, 0.05) is 37.3 Å². The lowest BCUT2D eigenvalue weighted by molar-refractivity contribution is -0.141. The summed E-state index contributed by atoms with van der Waals surface area (Å²) in [5.41, 5.74) is 1.08. The van der Waals surface area contributed by atoms with Gasteiger partial charge in [0.15, 0.2) is 0 Å². The van der Waals surface area contributed by atoms with Gasteiger partial charge in [0.25, 0.3) is 0 Å². The molecule has 0 radical (unpaired) electrons. The van der Waals surface area contributed by atoms with E-state index in [-0.39, 0.29) is 12.3 Å². The highest BCUT2D eigenvalue weighted by molar-refractivity contribution is 5.86. The molecule has 2 aromatic rings. The van der Waals surface area contributed by atoms with E-state index in [4.69, 9.17) is 5.11 Å². The molecular weight excluding hydrogens is 268 g/mol. The van der Waals surface area contributed by atoms with E-state index in [1.165, 1.54) is 0 Å². The van der Waals surface area contributed by atoms with Crippen molar-refractivity contribution in [1.82, 2.24) is 9.88 Å². The molecule has 1 aromatic carbocycles. The first-order valence-corrected chi connectivity index (χ1v) is 6.97. The normalized spacial score (nSPS) is 18.4. The number of aliphatic carboxylic acids is 1. The van der Waals surface area contributed by atoms with Crippen molar-refractivity contribution in [2.24, 2.45) is 5.92 Å². The number of fused-ring (bicyclic) bond motifs is 1. The van der Waals surface area contributed by atoms with Gasteiger partial charge in [-0.15, -0.1) is 0 Å².